The van der Waals surface area contributed by atoms with Crippen LogP contribution >= 0.6 is 0 Å². The Balaban J connectivity index is 2.42. The third kappa shape index (κ3) is 2.79. The summed E-state index contributed by atoms with van der Waals surface area (Å²) in [6, 6.07) is 4.79. The molecule has 5 nitrogen and oxygen atoms in total. The van der Waals surface area contributed by atoms with E-state index in [-0.39, 0.29) is 16.8 Å². The number of fused-ring (bicyclic) bond motifs is 1. The van der Waals surface area contributed by atoms with E-state index in [2.05, 4.69) is 4.72 Å². The van der Waals surface area contributed by atoms with Crippen LogP contribution in [0.5, 0.6) is 0 Å². The van der Waals surface area contributed by atoms with Crippen molar-refractivity contribution in [3.8, 4) is 0 Å². The van der Waals surface area contributed by atoms with Gasteiger partial charge in [-0.3, -0.25) is 4.79 Å². The zero-order valence-corrected chi connectivity index (χ0v) is 12.1. The van der Waals surface area contributed by atoms with E-state index in [1.54, 1.807) is 36.9 Å². The van der Waals surface area contributed by atoms with Crippen molar-refractivity contribution >= 4 is 21.6 Å². The van der Waals surface area contributed by atoms with Gasteiger partial charge in [0.2, 0.25) is 15.9 Å². The smallest absolute Gasteiger partial charge is 0.240 e. The minimum absolute atomic E-state index is 0.0647. The zero-order valence-electron chi connectivity index (χ0n) is 11.3. The van der Waals surface area contributed by atoms with E-state index in [0.717, 1.165) is 12.0 Å². The third-order valence-corrected chi connectivity index (χ3v) is 4.69. The molecule has 0 saturated heterocycles. The summed E-state index contributed by atoms with van der Waals surface area (Å²) in [5, 5.41) is 0. The molecule has 6 heteroatoms. The van der Waals surface area contributed by atoms with Gasteiger partial charge in [-0.05, 0) is 38.0 Å². The average molecular weight is 282 g/mol. The Morgan fingerprint density at radius 2 is 2.05 bits per heavy atom. The number of nitrogens with one attached hydrogen (secondary N) is 1. The second-order valence-electron chi connectivity index (χ2n) is 4.99. The van der Waals surface area contributed by atoms with Gasteiger partial charge in [0.05, 0.1) is 4.90 Å². The van der Waals surface area contributed by atoms with Crippen molar-refractivity contribution in [3.05, 3.63) is 23.8 Å². The lowest BCUT2D eigenvalue weighted by molar-refractivity contribution is -0.116. The minimum Gasteiger partial charge on any atom is -0.312 e. The minimum atomic E-state index is -3.52. The maximum absolute atomic E-state index is 12.1. The summed E-state index contributed by atoms with van der Waals surface area (Å²) in [6.45, 7) is 5.65. The van der Waals surface area contributed by atoms with Gasteiger partial charge >= 0.3 is 0 Å². The molecular formula is C13H18N2O3S. The molecule has 0 unspecified atom stereocenters. The van der Waals surface area contributed by atoms with Gasteiger partial charge in [-0.25, -0.2) is 13.1 Å². The van der Waals surface area contributed by atoms with Crippen LogP contribution in [-0.2, 0) is 21.2 Å². The van der Waals surface area contributed by atoms with Crippen LogP contribution in [0.1, 0.15) is 26.3 Å². The SMILES string of the molecule is CC(=O)N1CCc2ccc(S(=O)(=O)NC(C)C)cc21. The molecule has 1 aliphatic rings. The third-order valence-electron chi connectivity index (χ3n) is 3.03. The number of hydrogen-bond acceptors (Lipinski definition) is 3. The summed E-state index contributed by atoms with van der Waals surface area (Å²) in [5.41, 5.74) is 1.72. The molecule has 0 fully saturated rings. The van der Waals surface area contributed by atoms with Gasteiger partial charge in [-0.2, -0.15) is 0 Å². The highest BCUT2D eigenvalue weighted by Crippen LogP contribution is 2.30. The molecule has 19 heavy (non-hydrogen) atoms. The molecule has 0 atom stereocenters. The first-order chi connectivity index (χ1) is 8.81. The maximum atomic E-state index is 12.1. The van der Waals surface area contributed by atoms with Gasteiger partial charge in [0.15, 0.2) is 0 Å². The van der Waals surface area contributed by atoms with Crippen molar-refractivity contribution in [1.29, 1.82) is 0 Å². The summed E-state index contributed by atoms with van der Waals surface area (Å²) in [4.78, 5) is 13.3. The molecule has 0 bridgehead atoms. The van der Waals surface area contributed by atoms with E-state index in [0.29, 0.717) is 12.2 Å². The summed E-state index contributed by atoms with van der Waals surface area (Å²) in [7, 11) is -3.52. The molecule has 0 aromatic heterocycles. The molecule has 0 saturated carbocycles. The summed E-state index contributed by atoms with van der Waals surface area (Å²) in [5.74, 6) is -0.0647. The van der Waals surface area contributed by atoms with Gasteiger partial charge in [-0.1, -0.05) is 6.07 Å². The molecule has 1 aromatic rings. The fraction of sp³-hybridized carbons (Fsp3) is 0.462. The van der Waals surface area contributed by atoms with Crippen LogP contribution in [0, 0.1) is 0 Å². The molecule has 0 radical (unpaired) electrons. The normalized spacial score (nSPS) is 14.8. The molecule has 1 heterocycles. The Kier molecular flexibility index (Phi) is 3.64. The van der Waals surface area contributed by atoms with Gasteiger partial charge in [0.1, 0.15) is 0 Å². The molecule has 1 amide bonds. The highest BCUT2D eigenvalue weighted by atomic mass is 32.2. The number of nitrogens with zero attached hydrogens (tertiary/aromatic N) is 1. The van der Waals surface area contributed by atoms with Crippen molar-refractivity contribution < 1.29 is 13.2 Å². The van der Waals surface area contributed by atoms with E-state index in [9.17, 15) is 13.2 Å². The van der Waals surface area contributed by atoms with Crippen LogP contribution in [0.3, 0.4) is 0 Å². The van der Waals surface area contributed by atoms with Crippen LogP contribution in [0.25, 0.3) is 0 Å². The van der Waals surface area contributed by atoms with Gasteiger partial charge in [-0.15, -0.1) is 0 Å². The predicted molar refractivity (Wildman–Crippen MR) is 73.6 cm³/mol. The van der Waals surface area contributed by atoms with Crippen molar-refractivity contribution in [2.24, 2.45) is 0 Å². The number of anilines is 1. The Bertz CT molecular complexity index is 608. The molecule has 0 aliphatic carbocycles. The highest BCUT2D eigenvalue weighted by molar-refractivity contribution is 7.89. The van der Waals surface area contributed by atoms with Crippen molar-refractivity contribution in [1.82, 2.24) is 4.72 Å². The molecule has 1 aliphatic heterocycles. The van der Waals surface area contributed by atoms with Gasteiger partial charge in [0, 0.05) is 25.2 Å². The summed E-state index contributed by atoms with van der Waals surface area (Å²) >= 11 is 0. The van der Waals surface area contributed by atoms with Crippen molar-refractivity contribution in [2.45, 2.75) is 38.1 Å². The molecule has 1 aromatic carbocycles. The molecule has 2 rings (SSSR count). The van der Waals surface area contributed by atoms with Crippen LogP contribution in [-0.4, -0.2) is 26.9 Å². The first-order valence-electron chi connectivity index (χ1n) is 6.24. The largest absolute Gasteiger partial charge is 0.312 e. The molecule has 0 spiro atoms. The number of carbonyl (C=O) groups excluding carboxylic acids is 1. The summed E-state index contributed by atoms with van der Waals surface area (Å²) in [6.07, 6.45) is 0.771. The first-order valence-corrected chi connectivity index (χ1v) is 7.73. The Hall–Kier alpha value is -1.40. The number of rotatable bonds is 3. The highest BCUT2D eigenvalue weighted by Gasteiger charge is 2.25. The first kappa shape index (κ1) is 14.0. The number of carbonyl (C=O) groups is 1. The fourth-order valence-electron chi connectivity index (χ4n) is 2.23. The van der Waals surface area contributed by atoms with E-state index >= 15 is 0 Å². The van der Waals surface area contributed by atoms with Crippen LogP contribution in [0.15, 0.2) is 23.1 Å². The molecule has 104 valence electrons. The van der Waals surface area contributed by atoms with E-state index in [4.69, 9.17) is 0 Å². The lowest BCUT2D eigenvalue weighted by atomic mass is 10.2. The summed E-state index contributed by atoms with van der Waals surface area (Å²) < 4.78 is 26.7. The fourth-order valence-corrected chi connectivity index (χ4v) is 3.50. The second-order valence-corrected chi connectivity index (χ2v) is 6.70. The number of benzene rings is 1. The van der Waals surface area contributed by atoms with Crippen LogP contribution < -0.4 is 9.62 Å². The van der Waals surface area contributed by atoms with E-state index in [1.807, 2.05) is 0 Å². The topological polar surface area (TPSA) is 66.5 Å². The standard InChI is InChI=1S/C13H18N2O3S/c1-9(2)14-19(17,18)12-5-4-11-6-7-15(10(3)16)13(11)8-12/h4-5,8-9,14H,6-7H2,1-3H3. The number of sulfonamides is 1. The Labute approximate surface area is 113 Å². The average Bonchev–Trinajstić information content (AvgIpc) is 2.69. The lowest BCUT2D eigenvalue weighted by Gasteiger charge is -2.16. The monoisotopic (exact) mass is 282 g/mol. The Morgan fingerprint density at radius 3 is 2.63 bits per heavy atom. The number of hydrogen-bond donors (Lipinski definition) is 1. The maximum Gasteiger partial charge on any atom is 0.240 e. The number of amides is 1. The molecular weight excluding hydrogens is 264 g/mol. The van der Waals surface area contributed by atoms with Gasteiger partial charge in [0.25, 0.3) is 0 Å². The van der Waals surface area contributed by atoms with Crippen LogP contribution in [0.2, 0.25) is 0 Å². The van der Waals surface area contributed by atoms with Crippen LogP contribution in [0.4, 0.5) is 5.69 Å². The van der Waals surface area contributed by atoms with Crippen molar-refractivity contribution in [3.63, 3.8) is 0 Å². The van der Waals surface area contributed by atoms with Crippen molar-refractivity contribution in [2.75, 3.05) is 11.4 Å². The molecule has 1 N–H and O–H groups in total. The second kappa shape index (κ2) is 4.94. The van der Waals surface area contributed by atoms with Gasteiger partial charge < -0.3 is 4.90 Å². The lowest BCUT2D eigenvalue weighted by Crippen LogP contribution is -2.30. The van der Waals surface area contributed by atoms with E-state index in [1.165, 1.54) is 6.92 Å². The quantitative estimate of drug-likeness (QED) is 0.908. The predicted octanol–water partition coefficient (Wildman–Crippen LogP) is 1.28. The van der Waals surface area contributed by atoms with E-state index < -0.39 is 10.0 Å². The zero-order chi connectivity index (χ0) is 14.2. The Morgan fingerprint density at radius 1 is 1.37 bits per heavy atom.